The maximum absolute atomic E-state index is 13.0. The summed E-state index contributed by atoms with van der Waals surface area (Å²) in [7, 11) is 0. The number of carboxylic acid groups (broad SMARTS) is 2. The minimum Gasteiger partial charge on any atom is -0.481 e. The number of aliphatic carboxylic acids is 2. The molecule has 4 unspecified atom stereocenters. The van der Waals surface area contributed by atoms with E-state index in [0.29, 0.717) is 5.69 Å². The van der Waals surface area contributed by atoms with Crippen molar-refractivity contribution in [3.8, 4) is 0 Å². The number of aromatic nitrogens is 2. The summed E-state index contributed by atoms with van der Waals surface area (Å²) in [5.41, 5.74) is 11.3. The molecule has 0 saturated carbocycles. The molecule has 0 aromatic carbocycles. The third-order valence-corrected chi connectivity index (χ3v) is 4.89. The molecule has 1 aromatic heterocycles. The molecule has 0 fully saturated rings. The molecular formula is C20H31N7O8. The van der Waals surface area contributed by atoms with Crippen molar-refractivity contribution < 1.29 is 39.0 Å². The van der Waals surface area contributed by atoms with Gasteiger partial charge in [0.2, 0.25) is 23.6 Å². The number of H-pyrrole nitrogens is 1. The van der Waals surface area contributed by atoms with E-state index in [0.717, 1.165) is 0 Å². The monoisotopic (exact) mass is 497 g/mol. The summed E-state index contributed by atoms with van der Waals surface area (Å²) in [6, 6.07) is -5.30. The quantitative estimate of drug-likeness (QED) is 0.123. The highest BCUT2D eigenvalue weighted by Gasteiger charge is 2.32. The van der Waals surface area contributed by atoms with Gasteiger partial charge in [0.15, 0.2) is 0 Å². The van der Waals surface area contributed by atoms with Gasteiger partial charge in [0.05, 0.1) is 18.8 Å². The van der Waals surface area contributed by atoms with Crippen LogP contribution in [0.1, 0.15) is 38.8 Å². The van der Waals surface area contributed by atoms with Gasteiger partial charge in [-0.3, -0.25) is 24.0 Å². The molecule has 0 spiro atoms. The van der Waals surface area contributed by atoms with Crippen molar-refractivity contribution in [2.24, 2.45) is 17.4 Å². The number of carbonyl (C=O) groups excluding carboxylic acids is 4. The third-order valence-electron chi connectivity index (χ3n) is 4.89. The summed E-state index contributed by atoms with van der Waals surface area (Å²) in [4.78, 5) is 78.0. The van der Waals surface area contributed by atoms with Crippen LogP contribution in [-0.4, -0.2) is 79.9 Å². The van der Waals surface area contributed by atoms with Gasteiger partial charge < -0.3 is 42.6 Å². The van der Waals surface area contributed by atoms with Gasteiger partial charge in [0.1, 0.15) is 18.1 Å². The zero-order valence-corrected chi connectivity index (χ0v) is 19.3. The molecule has 15 heteroatoms. The molecule has 0 saturated heterocycles. The molecule has 0 radical (unpaired) electrons. The van der Waals surface area contributed by atoms with Crippen LogP contribution >= 0.6 is 0 Å². The largest absolute Gasteiger partial charge is 0.481 e. The van der Waals surface area contributed by atoms with Crippen LogP contribution in [0.5, 0.6) is 0 Å². The average molecular weight is 498 g/mol. The Bertz CT molecular complexity index is 919. The second-order valence-electron chi connectivity index (χ2n) is 8.18. The number of hydrogen-bond acceptors (Lipinski definition) is 8. The van der Waals surface area contributed by atoms with E-state index in [1.807, 2.05) is 0 Å². The Morgan fingerprint density at radius 1 is 1.00 bits per heavy atom. The smallest absolute Gasteiger partial charge is 0.326 e. The number of imidazole rings is 1. The molecular weight excluding hydrogens is 466 g/mol. The number of nitrogens with two attached hydrogens (primary N) is 2. The minimum absolute atomic E-state index is 0.0449. The Labute approximate surface area is 200 Å². The van der Waals surface area contributed by atoms with E-state index in [9.17, 15) is 33.9 Å². The van der Waals surface area contributed by atoms with Gasteiger partial charge in [-0.25, -0.2) is 9.78 Å². The van der Waals surface area contributed by atoms with Crippen LogP contribution in [-0.2, 0) is 35.2 Å². The van der Waals surface area contributed by atoms with E-state index in [1.54, 1.807) is 13.8 Å². The number of rotatable bonds is 15. The molecule has 0 aliphatic carbocycles. The first-order valence-corrected chi connectivity index (χ1v) is 10.7. The van der Waals surface area contributed by atoms with E-state index < -0.39 is 72.1 Å². The molecule has 0 aliphatic rings. The van der Waals surface area contributed by atoms with Crippen LogP contribution in [0.2, 0.25) is 0 Å². The summed E-state index contributed by atoms with van der Waals surface area (Å²) in [5, 5.41) is 25.1. The normalized spacial score (nSPS) is 14.3. The van der Waals surface area contributed by atoms with Crippen LogP contribution in [0.3, 0.4) is 0 Å². The number of primary amides is 1. The van der Waals surface area contributed by atoms with Gasteiger partial charge in [-0.05, 0) is 12.3 Å². The van der Waals surface area contributed by atoms with Crippen molar-refractivity contribution in [1.82, 2.24) is 25.9 Å². The number of amides is 4. The molecule has 15 nitrogen and oxygen atoms in total. The lowest BCUT2D eigenvalue weighted by Crippen LogP contribution is -2.59. The summed E-state index contributed by atoms with van der Waals surface area (Å²) in [6.45, 7) is 3.17. The fourth-order valence-electron chi connectivity index (χ4n) is 2.96. The van der Waals surface area contributed by atoms with Gasteiger partial charge >= 0.3 is 11.9 Å². The highest BCUT2D eigenvalue weighted by atomic mass is 16.4. The van der Waals surface area contributed by atoms with Crippen LogP contribution in [0, 0.1) is 5.92 Å². The zero-order chi connectivity index (χ0) is 26.7. The lowest BCUT2D eigenvalue weighted by Gasteiger charge is -2.26. The predicted octanol–water partition coefficient (Wildman–Crippen LogP) is -2.79. The summed E-state index contributed by atoms with van der Waals surface area (Å²) >= 11 is 0. The van der Waals surface area contributed by atoms with Crippen molar-refractivity contribution in [2.75, 3.05) is 0 Å². The fourth-order valence-corrected chi connectivity index (χ4v) is 2.96. The maximum atomic E-state index is 13.0. The van der Waals surface area contributed by atoms with Crippen molar-refractivity contribution in [1.29, 1.82) is 0 Å². The van der Waals surface area contributed by atoms with Crippen molar-refractivity contribution in [3.63, 3.8) is 0 Å². The van der Waals surface area contributed by atoms with Crippen LogP contribution in [0.4, 0.5) is 0 Å². The van der Waals surface area contributed by atoms with E-state index in [4.69, 9.17) is 16.6 Å². The van der Waals surface area contributed by atoms with E-state index >= 15 is 0 Å². The summed E-state index contributed by atoms with van der Waals surface area (Å²) in [5.74, 6) is -6.58. The molecule has 1 heterocycles. The first-order chi connectivity index (χ1) is 16.3. The Balaban J connectivity index is 3.01. The van der Waals surface area contributed by atoms with Gasteiger partial charge in [-0.15, -0.1) is 0 Å². The average Bonchev–Trinajstić information content (AvgIpc) is 3.26. The molecule has 1 aromatic rings. The molecule has 0 aliphatic heterocycles. The van der Waals surface area contributed by atoms with Crippen LogP contribution < -0.4 is 27.4 Å². The number of nitrogens with zero attached hydrogens (tertiary/aromatic N) is 1. The van der Waals surface area contributed by atoms with Crippen LogP contribution in [0.25, 0.3) is 0 Å². The maximum Gasteiger partial charge on any atom is 0.326 e. The Morgan fingerprint density at radius 3 is 2.11 bits per heavy atom. The lowest BCUT2D eigenvalue weighted by atomic mass is 10.0. The summed E-state index contributed by atoms with van der Waals surface area (Å²) < 4.78 is 0. The fraction of sp³-hybridized carbons (Fsp3) is 0.550. The van der Waals surface area contributed by atoms with Crippen molar-refractivity contribution >= 4 is 35.6 Å². The zero-order valence-electron chi connectivity index (χ0n) is 19.3. The topological polar surface area (TPSA) is 260 Å². The number of nitrogens with one attached hydrogen (secondary N) is 4. The van der Waals surface area contributed by atoms with Crippen molar-refractivity contribution in [3.05, 3.63) is 18.2 Å². The second-order valence-corrected chi connectivity index (χ2v) is 8.18. The molecule has 35 heavy (non-hydrogen) atoms. The molecule has 1 rings (SSSR count). The minimum atomic E-state index is -1.71. The summed E-state index contributed by atoms with van der Waals surface area (Å²) in [6.07, 6.45) is 1.70. The predicted molar refractivity (Wildman–Crippen MR) is 119 cm³/mol. The van der Waals surface area contributed by atoms with Gasteiger partial charge in [-0.1, -0.05) is 13.8 Å². The number of hydrogen-bond donors (Lipinski definition) is 8. The third kappa shape index (κ3) is 10.2. The number of carboxylic acids is 2. The Hall–Kier alpha value is -4.01. The standard InChI is InChI=1S/C20H31N7O8/c1-9(2)16(19(33)26-13(20(34)35)6-15(29)30)27-18(32)12(5-10-7-23-8-24-10)25-17(31)11(21)3-4-14(22)28/h7-9,11-13,16H,3-6,21H2,1-2H3,(H2,22,28)(H,23,24)(H,25,31)(H,26,33)(H,27,32)(H,29,30)(H,34,35). The molecule has 4 atom stereocenters. The van der Waals surface area contributed by atoms with E-state index in [1.165, 1.54) is 12.5 Å². The number of carbonyl (C=O) groups is 6. The van der Waals surface area contributed by atoms with Crippen LogP contribution in [0.15, 0.2) is 12.5 Å². The Morgan fingerprint density at radius 2 is 1.63 bits per heavy atom. The first kappa shape index (κ1) is 29.0. The van der Waals surface area contributed by atoms with Crippen molar-refractivity contribution in [2.45, 2.75) is 63.7 Å². The highest BCUT2D eigenvalue weighted by molar-refractivity contribution is 5.95. The van der Waals surface area contributed by atoms with Gasteiger partial charge in [-0.2, -0.15) is 0 Å². The molecule has 0 bridgehead atoms. The van der Waals surface area contributed by atoms with E-state index in [-0.39, 0.29) is 19.3 Å². The Kier molecular flexibility index (Phi) is 11.3. The van der Waals surface area contributed by atoms with Gasteiger partial charge in [0, 0.05) is 24.7 Å². The SMILES string of the molecule is CC(C)C(NC(=O)C(Cc1cnc[nH]1)NC(=O)C(N)CCC(N)=O)C(=O)NC(CC(=O)O)C(=O)O. The number of aromatic amines is 1. The van der Waals surface area contributed by atoms with E-state index in [2.05, 4.69) is 25.9 Å². The highest BCUT2D eigenvalue weighted by Crippen LogP contribution is 2.07. The second kappa shape index (κ2) is 13.6. The first-order valence-electron chi connectivity index (χ1n) is 10.7. The lowest BCUT2D eigenvalue weighted by molar-refractivity contribution is -0.147. The molecule has 194 valence electrons. The molecule has 10 N–H and O–H groups in total. The van der Waals surface area contributed by atoms with Gasteiger partial charge in [0.25, 0.3) is 0 Å². The molecule has 4 amide bonds.